The first kappa shape index (κ1) is 7.65. The van der Waals surface area contributed by atoms with Crippen molar-refractivity contribution in [2.75, 3.05) is 0 Å². The molecule has 2 aliphatic heterocycles. The number of hydrogen-bond acceptors (Lipinski definition) is 6. The standard InChI is InChI=1S/C16H6O6/c17-13-9-3-1-7(5-11(9)15(19)21-13)8-2-4-10-12(6-8)16(20)22-14(10)18/h1-6H/i1D,2D,3D,4D,5D,6D. The molecule has 0 aromatic heterocycles. The van der Waals surface area contributed by atoms with Gasteiger partial charge in [-0.05, 0) is 35.3 Å². The number of benzene rings is 2. The summed E-state index contributed by atoms with van der Waals surface area (Å²) in [5.74, 6) is -4.83. The van der Waals surface area contributed by atoms with E-state index in [1.165, 1.54) is 0 Å². The van der Waals surface area contributed by atoms with Gasteiger partial charge in [-0.15, -0.1) is 0 Å². The highest BCUT2D eigenvalue weighted by molar-refractivity contribution is 6.16. The van der Waals surface area contributed by atoms with Crippen molar-refractivity contribution in [3.63, 3.8) is 0 Å². The molecule has 0 spiro atoms. The summed E-state index contributed by atoms with van der Waals surface area (Å²) in [5.41, 5.74) is -3.52. The molecule has 106 valence electrons. The second-order valence-corrected chi connectivity index (χ2v) is 4.35. The van der Waals surface area contributed by atoms with E-state index in [0.717, 1.165) is 0 Å². The Hall–Kier alpha value is -3.28. The first-order chi connectivity index (χ1) is 13.1. The molecule has 4 rings (SSSR count). The van der Waals surface area contributed by atoms with Gasteiger partial charge in [0.25, 0.3) is 0 Å². The summed E-state index contributed by atoms with van der Waals surface area (Å²) in [6.07, 6.45) is 0. The highest BCUT2D eigenvalue weighted by Crippen LogP contribution is 2.30. The highest BCUT2D eigenvalue weighted by atomic mass is 16.6. The number of carbonyl (C=O) groups is 4. The zero-order valence-electron chi connectivity index (χ0n) is 16.4. The van der Waals surface area contributed by atoms with Crippen molar-refractivity contribution in [3.8, 4) is 11.1 Å². The Bertz CT molecular complexity index is 1110. The molecule has 6 heteroatoms. The van der Waals surface area contributed by atoms with Crippen LogP contribution in [0.25, 0.3) is 11.1 Å². The van der Waals surface area contributed by atoms with E-state index in [0.29, 0.717) is 0 Å². The van der Waals surface area contributed by atoms with Crippen LogP contribution in [0, 0.1) is 0 Å². The third kappa shape index (κ3) is 1.61. The number of cyclic esters (lactones) is 4. The average molecular weight is 300 g/mol. The smallest absolute Gasteiger partial charge is 0.346 e. The van der Waals surface area contributed by atoms with E-state index in [1.54, 1.807) is 0 Å². The molecule has 0 amide bonds. The summed E-state index contributed by atoms with van der Waals surface area (Å²) in [5, 5.41) is 0. The predicted octanol–water partition coefficient (Wildman–Crippen LogP) is 1.97. The van der Waals surface area contributed by atoms with Gasteiger partial charge >= 0.3 is 23.9 Å². The summed E-state index contributed by atoms with van der Waals surface area (Å²) in [7, 11) is 0. The number of fused-ring (bicyclic) bond motifs is 2. The van der Waals surface area contributed by atoms with Crippen LogP contribution >= 0.6 is 0 Å². The third-order valence-electron chi connectivity index (χ3n) is 3.06. The third-order valence-corrected chi connectivity index (χ3v) is 3.06. The Morgan fingerprint density at radius 2 is 0.955 bits per heavy atom. The Kier molecular flexibility index (Phi) is 1.43. The Labute approximate surface area is 131 Å². The van der Waals surface area contributed by atoms with Crippen LogP contribution in [0.2, 0.25) is 0 Å². The molecule has 0 saturated carbocycles. The van der Waals surface area contributed by atoms with Gasteiger partial charge in [0.05, 0.1) is 30.5 Å². The van der Waals surface area contributed by atoms with Gasteiger partial charge in [0, 0.05) is 0 Å². The van der Waals surface area contributed by atoms with Gasteiger partial charge in [0.1, 0.15) is 0 Å². The van der Waals surface area contributed by atoms with Gasteiger partial charge in [0.2, 0.25) is 0 Å². The van der Waals surface area contributed by atoms with Crippen LogP contribution in [-0.4, -0.2) is 23.9 Å². The van der Waals surface area contributed by atoms with E-state index in [9.17, 15) is 19.2 Å². The molecular formula is C16H6O6. The fourth-order valence-corrected chi connectivity index (χ4v) is 2.05. The van der Waals surface area contributed by atoms with Crippen LogP contribution in [0.4, 0.5) is 0 Å². The largest absolute Gasteiger partial charge is 0.386 e. The lowest BCUT2D eigenvalue weighted by Crippen LogP contribution is -1.97. The zero-order valence-corrected chi connectivity index (χ0v) is 10.4. The minimum absolute atomic E-state index is 0.575. The quantitative estimate of drug-likeness (QED) is 0.591. The lowest BCUT2D eigenvalue weighted by molar-refractivity contribution is 0.0425. The summed E-state index contributed by atoms with van der Waals surface area (Å²) in [6, 6.07) is -4.58. The van der Waals surface area contributed by atoms with Crippen molar-refractivity contribution < 1.29 is 36.9 Å². The number of esters is 4. The fourth-order valence-electron chi connectivity index (χ4n) is 2.05. The van der Waals surface area contributed by atoms with Gasteiger partial charge in [-0.1, -0.05) is 12.1 Å². The van der Waals surface area contributed by atoms with E-state index < -0.39 is 93.5 Å². The molecule has 0 N–H and O–H groups in total. The molecule has 2 aromatic rings. The van der Waals surface area contributed by atoms with Crippen molar-refractivity contribution >= 4 is 23.9 Å². The normalized spacial score (nSPS) is 19.3. The molecule has 0 atom stereocenters. The van der Waals surface area contributed by atoms with Crippen LogP contribution in [0.3, 0.4) is 0 Å². The number of hydrogen-bond donors (Lipinski definition) is 0. The van der Waals surface area contributed by atoms with E-state index >= 15 is 0 Å². The molecule has 0 unspecified atom stereocenters. The van der Waals surface area contributed by atoms with Crippen LogP contribution in [0.5, 0.6) is 0 Å². The highest BCUT2D eigenvalue weighted by Gasteiger charge is 2.31. The number of carbonyl (C=O) groups excluding carboxylic acids is 4. The average Bonchev–Trinajstić information content (AvgIpc) is 3.09. The maximum absolute atomic E-state index is 11.9. The van der Waals surface area contributed by atoms with Crippen molar-refractivity contribution in [3.05, 3.63) is 58.5 Å². The molecule has 0 fully saturated rings. The lowest BCUT2D eigenvalue weighted by Gasteiger charge is -2.04. The van der Waals surface area contributed by atoms with Crippen LogP contribution in [-0.2, 0) is 9.47 Å². The summed E-state index contributed by atoms with van der Waals surface area (Å²) in [4.78, 5) is 47.3. The number of ether oxygens (including phenoxy) is 2. The molecule has 6 nitrogen and oxygen atoms in total. The Morgan fingerprint density at radius 1 is 0.591 bits per heavy atom. The van der Waals surface area contributed by atoms with E-state index in [2.05, 4.69) is 9.47 Å². The fraction of sp³-hybridized carbons (Fsp3) is 0. The minimum atomic E-state index is -1.22. The monoisotopic (exact) mass is 300 g/mol. The molecule has 22 heavy (non-hydrogen) atoms. The summed E-state index contributed by atoms with van der Waals surface area (Å²) >= 11 is 0. The Balaban J connectivity index is 2.17. The van der Waals surface area contributed by atoms with Crippen molar-refractivity contribution in [2.24, 2.45) is 0 Å². The first-order valence-electron chi connectivity index (χ1n) is 8.88. The first-order valence-corrected chi connectivity index (χ1v) is 5.88. The zero-order chi connectivity index (χ0) is 20.7. The van der Waals surface area contributed by atoms with Gasteiger partial charge in [-0.3, -0.25) is 0 Å². The van der Waals surface area contributed by atoms with Gasteiger partial charge in [0.15, 0.2) is 0 Å². The molecule has 2 heterocycles. The maximum atomic E-state index is 11.9. The second kappa shape index (κ2) is 4.11. The minimum Gasteiger partial charge on any atom is -0.386 e. The summed E-state index contributed by atoms with van der Waals surface area (Å²) < 4.78 is 57.3. The van der Waals surface area contributed by atoms with Gasteiger partial charge in [-0.2, -0.15) is 0 Å². The van der Waals surface area contributed by atoms with E-state index in [4.69, 9.17) is 8.22 Å². The van der Waals surface area contributed by atoms with Crippen molar-refractivity contribution in [2.45, 2.75) is 0 Å². The molecule has 0 radical (unpaired) electrons. The SMILES string of the molecule is [2H]c1c([2H])c(-c2c([2H])c([2H])c3c(c2[2H])C(=O)OC3=O)c([2H])c2c1C(=O)OC2=O. The maximum Gasteiger partial charge on any atom is 0.346 e. The van der Waals surface area contributed by atoms with Crippen molar-refractivity contribution in [1.29, 1.82) is 0 Å². The molecule has 2 aliphatic rings. The van der Waals surface area contributed by atoms with Crippen LogP contribution in [0.15, 0.2) is 36.3 Å². The van der Waals surface area contributed by atoms with Gasteiger partial charge in [-0.25, -0.2) is 19.2 Å². The Morgan fingerprint density at radius 3 is 1.36 bits per heavy atom. The van der Waals surface area contributed by atoms with Crippen LogP contribution < -0.4 is 0 Å². The van der Waals surface area contributed by atoms with Crippen molar-refractivity contribution in [1.82, 2.24) is 0 Å². The molecule has 2 aromatic carbocycles. The van der Waals surface area contributed by atoms with E-state index in [1.807, 2.05) is 0 Å². The lowest BCUT2D eigenvalue weighted by atomic mass is 9.97. The molecule has 0 saturated heterocycles. The van der Waals surface area contributed by atoms with Crippen LogP contribution in [0.1, 0.15) is 49.7 Å². The summed E-state index contributed by atoms with van der Waals surface area (Å²) in [6.45, 7) is 0. The second-order valence-electron chi connectivity index (χ2n) is 4.35. The van der Waals surface area contributed by atoms with E-state index in [-0.39, 0.29) is 0 Å². The topological polar surface area (TPSA) is 86.7 Å². The molecule has 0 bridgehead atoms. The molecular weight excluding hydrogens is 288 g/mol. The molecule has 0 aliphatic carbocycles. The number of rotatable bonds is 1. The predicted molar refractivity (Wildman–Crippen MR) is 71.4 cm³/mol. The van der Waals surface area contributed by atoms with Gasteiger partial charge < -0.3 is 9.47 Å².